The van der Waals surface area contributed by atoms with Crippen LogP contribution in [-0.2, 0) is 9.53 Å². The topological polar surface area (TPSA) is 87.7 Å². The van der Waals surface area contributed by atoms with Crippen LogP contribution < -0.4 is 10.6 Å². The Balaban J connectivity index is 1.64. The van der Waals surface area contributed by atoms with Gasteiger partial charge in [-0.25, -0.2) is 0 Å². The summed E-state index contributed by atoms with van der Waals surface area (Å²) in [6.07, 6.45) is -0.867. The van der Waals surface area contributed by atoms with Crippen LogP contribution in [0.3, 0.4) is 0 Å². The molecule has 3 N–H and O–H groups in total. The first-order valence-electron chi connectivity index (χ1n) is 7.65. The van der Waals surface area contributed by atoms with Crippen molar-refractivity contribution in [1.82, 2.24) is 5.32 Å². The van der Waals surface area contributed by atoms with E-state index in [9.17, 15) is 14.7 Å². The molecular weight excluding hydrogens is 308 g/mol. The van der Waals surface area contributed by atoms with Gasteiger partial charge in [-0.15, -0.1) is 0 Å². The number of hydrogen-bond donors (Lipinski definition) is 3. The van der Waals surface area contributed by atoms with Gasteiger partial charge in [0.2, 0.25) is 5.91 Å². The Bertz CT molecular complexity index is 716. The van der Waals surface area contributed by atoms with Crippen LogP contribution in [0.2, 0.25) is 0 Å². The molecule has 0 radical (unpaired) electrons. The highest BCUT2D eigenvalue weighted by atomic mass is 16.5. The van der Waals surface area contributed by atoms with Crippen molar-refractivity contribution in [3.63, 3.8) is 0 Å². The molecule has 0 bridgehead atoms. The first kappa shape index (κ1) is 16.2. The SMILES string of the molecule is O=C1COCC(C(O)c2ccc(NC(=O)c3ccccc3)cc2)N1. The number of aliphatic hydroxyl groups is 1. The van der Waals surface area contributed by atoms with Gasteiger partial charge in [-0.05, 0) is 29.8 Å². The molecule has 2 aromatic carbocycles. The number of carbonyl (C=O) groups excluding carboxylic acids is 2. The third-order valence-electron chi connectivity index (χ3n) is 3.80. The summed E-state index contributed by atoms with van der Waals surface area (Å²) in [4.78, 5) is 23.4. The molecule has 6 heteroatoms. The van der Waals surface area contributed by atoms with Crippen LogP contribution in [0.5, 0.6) is 0 Å². The minimum absolute atomic E-state index is 0.0215. The van der Waals surface area contributed by atoms with Crippen molar-refractivity contribution in [1.29, 1.82) is 0 Å². The summed E-state index contributed by atoms with van der Waals surface area (Å²) >= 11 is 0. The Morgan fingerprint density at radius 1 is 1.17 bits per heavy atom. The van der Waals surface area contributed by atoms with Crippen molar-refractivity contribution in [2.45, 2.75) is 12.1 Å². The highest BCUT2D eigenvalue weighted by molar-refractivity contribution is 6.04. The maximum absolute atomic E-state index is 12.1. The molecule has 124 valence electrons. The lowest BCUT2D eigenvalue weighted by Crippen LogP contribution is -2.48. The number of aliphatic hydroxyl groups excluding tert-OH is 1. The van der Waals surface area contributed by atoms with E-state index >= 15 is 0 Å². The van der Waals surface area contributed by atoms with E-state index in [1.807, 2.05) is 6.07 Å². The lowest BCUT2D eigenvalue weighted by Gasteiger charge is -2.28. The van der Waals surface area contributed by atoms with E-state index in [1.165, 1.54) is 0 Å². The molecule has 2 unspecified atom stereocenters. The van der Waals surface area contributed by atoms with Crippen molar-refractivity contribution in [2.24, 2.45) is 0 Å². The predicted octanol–water partition coefficient (Wildman–Crippen LogP) is 1.49. The molecule has 1 heterocycles. The Labute approximate surface area is 139 Å². The second-order valence-electron chi connectivity index (χ2n) is 5.58. The lowest BCUT2D eigenvalue weighted by atomic mass is 10.0. The molecule has 0 aliphatic carbocycles. The van der Waals surface area contributed by atoms with E-state index in [2.05, 4.69) is 10.6 Å². The van der Waals surface area contributed by atoms with Gasteiger partial charge in [-0.3, -0.25) is 9.59 Å². The van der Waals surface area contributed by atoms with Crippen LogP contribution in [0.1, 0.15) is 22.0 Å². The second kappa shape index (κ2) is 7.25. The third kappa shape index (κ3) is 3.79. The van der Waals surface area contributed by atoms with Crippen LogP contribution in [-0.4, -0.2) is 36.2 Å². The van der Waals surface area contributed by atoms with Gasteiger partial charge in [0, 0.05) is 11.3 Å². The zero-order chi connectivity index (χ0) is 16.9. The maximum Gasteiger partial charge on any atom is 0.255 e. The van der Waals surface area contributed by atoms with Crippen molar-refractivity contribution in [3.8, 4) is 0 Å². The molecule has 3 rings (SSSR count). The van der Waals surface area contributed by atoms with E-state index in [1.54, 1.807) is 48.5 Å². The summed E-state index contributed by atoms with van der Waals surface area (Å²) in [5, 5.41) is 15.8. The Kier molecular flexibility index (Phi) is 4.88. The number of ether oxygens (including phenoxy) is 1. The molecule has 2 amide bonds. The summed E-state index contributed by atoms with van der Waals surface area (Å²) in [6, 6.07) is 15.3. The largest absolute Gasteiger partial charge is 0.386 e. The normalized spacial score (nSPS) is 18.5. The number of amides is 2. The van der Waals surface area contributed by atoms with Crippen LogP contribution in [0, 0.1) is 0 Å². The summed E-state index contributed by atoms with van der Waals surface area (Å²) in [5.41, 5.74) is 1.84. The van der Waals surface area contributed by atoms with Crippen molar-refractivity contribution >= 4 is 17.5 Å². The highest BCUT2D eigenvalue weighted by Gasteiger charge is 2.26. The van der Waals surface area contributed by atoms with Gasteiger partial charge in [-0.1, -0.05) is 30.3 Å². The van der Waals surface area contributed by atoms with Gasteiger partial charge in [-0.2, -0.15) is 0 Å². The fraction of sp³-hybridized carbons (Fsp3) is 0.222. The minimum atomic E-state index is -0.867. The Morgan fingerprint density at radius 3 is 2.54 bits per heavy atom. The number of benzene rings is 2. The molecule has 1 aliphatic rings. The first-order chi connectivity index (χ1) is 11.6. The smallest absolute Gasteiger partial charge is 0.255 e. The van der Waals surface area contributed by atoms with E-state index in [4.69, 9.17) is 4.74 Å². The molecule has 0 saturated carbocycles. The number of anilines is 1. The van der Waals surface area contributed by atoms with E-state index in [0.29, 0.717) is 16.8 Å². The summed E-state index contributed by atoms with van der Waals surface area (Å²) in [7, 11) is 0. The van der Waals surface area contributed by atoms with Crippen LogP contribution in [0.4, 0.5) is 5.69 Å². The predicted molar refractivity (Wildman–Crippen MR) is 88.5 cm³/mol. The van der Waals surface area contributed by atoms with Gasteiger partial charge >= 0.3 is 0 Å². The molecule has 2 aromatic rings. The van der Waals surface area contributed by atoms with E-state index in [-0.39, 0.29) is 25.0 Å². The van der Waals surface area contributed by atoms with Gasteiger partial charge in [0.05, 0.1) is 12.6 Å². The van der Waals surface area contributed by atoms with Crippen molar-refractivity contribution in [3.05, 3.63) is 65.7 Å². The second-order valence-corrected chi connectivity index (χ2v) is 5.58. The molecular formula is C18H18N2O4. The Hall–Kier alpha value is -2.70. The molecule has 0 spiro atoms. The van der Waals surface area contributed by atoms with Gasteiger partial charge < -0.3 is 20.5 Å². The average molecular weight is 326 g/mol. The third-order valence-corrected chi connectivity index (χ3v) is 3.80. The Morgan fingerprint density at radius 2 is 1.88 bits per heavy atom. The van der Waals surface area contributed by atoms with Crippen molar-refractivity contribution < 1.29 is 19.4 Å². The number of rotatable bonds is 4. The van der Waals surface area contributed by atoms with Crippen LogP contribution in [0.25, 0.3) is 0 Å². The first-order valence-corrected chi connectivity index (χ1v) is 7.65. The van der Waals surface area contributed by atoms with Gasteiger partial charge in [0.25, 0.3) is 5.91 Å². The number of nitrogens with one attached hydrogen (secondary N) is 2. The minimum Gasteiger partial charge on any atom is -0.386 e. The van der Waals surface area contributed by atoms with E-state index < -0.39 is 12.1 Å². The number of morpholine rings is 1. The van der Waals surface area contributed by atoms with Gasteiger partial charge in [0.1, 0.15) is 12.7 Å². The number of carbonyl (C=O) groups is 2. The highest BCUT2D eigenvalue weighted by Crippen LogP contribution is 2.21. The van der Waals surface area contributed by atoms with E-state index in [0.717, 1.165) is 0 Å². The molecule has 1 fully saturated rings. The van der Waals surface area contributed by atoms with Crippen LogP contribution in [0.15, 0.2) is 54.6 Å². The molecule has 24 heavy (non-hydrogen) atoms. The summed E-state index contributed by atoms with van der Waals surface area (Å²) < 4.78 is 5.13. The molecule has 1 saturated heterocycles. The zero-order valence-electron chi connectivity index (χ0n) is 12.9. The fourth-order valence-corrected chi connectivity index (χ4v) is 2.53. The summed E-state index contributed by atoms with van der Waals surface area (Å²) in [6.45, 7) is 0.285. The molecule has 6 nitrogen and oxygen atoms in total. The number of hydrogen-bond acceptors (Lipinski definition) is 4. The molecule has 0 aromatic heterocycles. The van der Waals surface area contributed by atoms with Gasteiger partial charge in [0.15, 0.2) is 0 Å². The van der Waals surface area contributed by atoms with Crippen molar-refractivity contribution in [2.75, 3.05) is 18.5 Å². The van der Waals surface area contributed by atoms with Crippen LogP contribution >= 0.6 is 0 Å². The average Bonchev–Trinajstić information content (AvgIpc) is 2.62. The fourth-order valence-electron chi connectivity index (χ4n) is 2.53. The molecule has 2 atom stereocenters. The standard InChI is InChI=1S/C18H18N2O4/c21-16-11-24-10-15(20-16)17(22)12-6-8-14(9-7-12)19-18(23)13-4-2-1-3-5-13/h1-9,15,17,22H,10-11H2,(H,19,23)(H,20,21). The monoisotopic (exact) mass is 326 g/mol. The zero-order valence-corrected chi connectivity index (χ0v) is 12.9. The maximum atomic E-state index is 12.1. The summed E-state index contributed by atoms with van der Waals surface area (Å²) in [5.74, 6) is -0.436. The lowest BCUT2D eigenvalue weighted by molar-refractivity contribution is -0.133. The quantitative estimate of drug-likeness (QED) is 0.794. The molecule has 1 aliphatic heterocycles.